The summed E-state index contributed by atoms with van der Waals surface area (Å²) in [6.07, 6.45) is 0.832. The van der Waals surface area contributed by atoms with Crippen LogP contribution in [0.1, 0.15) is 23.7 Å². The maximum atomic E-state index is 13.4. The molecule has 0 saturated heterocycles. The summed E-state index contributed by atoms with van der Waals surface area (Å²) < 4.78 is 5.55. The highest BCUT2D eigenvalue weighted by Gasteiger charge is 2.25. The van der Waals surface area contributed by atoms with Crippen molar-refractivity contribution in [1.29, 1.82) is 0 Å². The van der Waals surface area contributed by atoms with Crippen LogP contribution in [0.3, 0.4) is 0 Å². The minimum atomic E-state index is -0.433. The number of nitrogens with one attached hydrogen (secondary N) is 1. The van der Waals surface area contributed by atoms with E-state index in [9.17, 15) is 14.9 Å². The van der Waals surface area contributed by atoms with E-state index in [2.05, 4.69) is 12.2 Å². The van der Waals surface area contributed by atoms with Gasteiger partial charge in [0, 0.05) is 35.8 Å². The summed E-state index contributed by atoms with van der Waals surface area (Å²) in [5, 5.41) is 14.4. The van der Waals surface area contributed by atoms with Gasteiger partial charge in [0.05, 0.1) is 23.4 Å². The number of hydrogen-bond donors (Lipinski definition) is 1. The number of para-hydroxylation sites is 2. The predicted octanol–water partition coefficient (Wildman–Crippen LogP) is 5.12. The minimum Gasteiger partial charge on any atom is -0.496 e. The first-order chi connectivity index (χ1) is 15.0. The van der Waals surface area contributed by atoms with Crippen LogP contribution in [0.4, 0.5) is 17.1 Å². The molecule has 7 heteroatoms. The highest BCUT2D eigenvalue weighted by molar-refractivity contribution is 6.08. The van der Waals surface area contributed by atoms with E-state index in [4.69, 9.17) is 4.74 Å². The fourth-order valence-corrected chi connectivity index (χ4v) is 3.80. The zero-order valence-corrected chi connectivity index (χ0v) is 17.4. The molecule has 0 saturated carbocycles. The molecule has 4 rings (SSSR count). The SMILES string of the molecule is COc1cc(C(=O)N2CC[C@H](C)Nc3ccccc32)ccc1-c1ccc([N+](=O)[O-])cc1. The molecule has 0 bridgehead atoms. The Labute approximate surface area is 180 Å². The number of fused-ring (bicyclic) bond motifs is 1. The van der Waals surface area contributed by atoms with Gasteiger partial charge in [0.1, 0.15) is 5.75 Å². The maximum Gasteiger partial charge on any atom is 0.269 e. The summed E-state index contributed by atoms with van der Waals surface area (Å²) in [5.41, 5.74) is 3.88. The molecular formula is C24H23N3O4. The summed E-state index contributed by atoms with van der Waals surface area (Å²) >= 11 is 0. The van der Waals surface area contributed by atoms with Gasteiger partial charge in [-0.05, 0) is 61.4 Å². The Bertz CT molecular complexity index is 1130. The third-order valence-corrected chi connectivity index (χ3v) is 5.47. The van der Waals surface area contributed by atoms with Crippen LogP contribution in [-0.2, 0) is 0 Å². The number of carbonyl (C=O) groups is 1. The van der Waals surface area contributed by atoms with Gasteiger partial charge in [0.25, 0.3) is 11.6 Å². The van der Waals surface area contributed by atoms with Gasteiger partial charge in [-0.25, -0.2) is 0 Å². The normalized spacial score (nSPS) is 15.4. The molecule has 0 fully saturated rings. The van der Waals surface area contributed by atoms with Crippen molar-refractivity contribution in [2.24, 2.45) is 0 Å². The zero-order valence-electron chi connectivity index (χ0n) is 17.4. The van der Waals surface area contributed by atoms with Crippen LogP contribution in [-0.4, -0.2) is 30.5 Å². The molecule has 3 aromatic rings. The molecule has 1 heterocycles. The number of hydrogen-bond acceptors (Lipinski definition) is 5. The molecule has 0 aromatic heterocycles. The quantitative estimate of drug-likeness (QED) is 0.470. The molecule has 7 nitrogen and oxygen atoms in total. The van der Waals surface area contributed by atoms with E-state index in [1.807, 2.05) is 30.3 Å². The number of rotatable bonds is 4. The first kappa shape index (κ1) is 20.4. The molecule has 0 aliphatic carbocycles. The lowest BCUT2D eigenvalue weighted by molar-refractivity contribution is -0.384. The summed E-state index contributed by atoms with van der Waals surface area (Å²) in [5.74, 6) is 0.436. The standard InChI is InChI=1S/C24H23N3O4/c1-16-13-14-26(22-6-4-3-5-21(22)25-16)24(28)18-9-12-20(23(15-18)31-2)17-7-10-19(11-8-17)27(29)30/h3-12,15-16,25H,13-14H2,1-2H3/t16-/m0/s1. The molecule has 0 spiro atoms. The third kappa shape index (κ3) is 4.07. The van der Waals surface area contributed by atoms with Crippen molar-refractivity contribution in [3.8, 4) is 16.9 Å². The number of nitrogens with zero attached hydrogens (tertiary/aromatic N) is 2. The van der Waals surface area contributed by atoms with E-state index in [0.29, 0.717) is 17.9 Å². The summed E-state index contributed by atoms with van der Waals surface area (Å²) in [4.78, 5) is 25.7. The van der Waals surface area contributed by atoms with Gasteiger partial charge in [-0.2, -0.15) is 0 Å². The Balaban J connectivity index is 1.68. The van der Waals surface area contributed by atoms with Gasteiger partial charge in [-0.15, -0.1) is 0 Å². The van der Waals surface area contributed by atoms with Crippen molar-refractivity contribution in [2.45, 2.75) is 19.4 Å². The van der Waals surface area contributed by atoms with Gasteiger partial charge < -0.3 is 15.0 Å². The van der Waals surface area contributed by atoms with Crippen LogP contribution < -0.4 is 15.0 Å². The Morgan fingerprint density at radius 2 is 1.87 bits per heavy atom. The highest BCUT2D eigenvalue weighted by atomic mass is 16.6. The Morgan fingerprint density at radius 1 is 1.13 bits per heavy atom. The Kier molecular flexibility index (Phi) is 5.58. The average Bonchev–Trinajstić information content (AvgIpc) is 2.96. The summed E-state index contributed by atoms with van der Waals surface area (Å²) in [6, 6.07) is 19.6. The molecule has 1 aliphatic rings. The maximum absolute atomic E-state index is 13.4. The van der Waals surface area contributed by atoms with Gasteiger partial charge in [-0.3, -0.25) is 14.9 Å². The largest absolute Gasteiger partial charge is 0.496 e. The number of methoxy groups -OCH3 is 1. The number of amides is 1. The first-order valence-electron chi connectivity index (χ1n) is 10.1. The molecule has 1 amide bonds. The van der Waals surface area contributed by atoms with Crippen molar-refractivity contribution < 1.29 is 14.5 Å². The van der Waals surface area contributed by atoms with Crippen LogP contribution in [0.5, 0.6) is 5.75 Å². The fraction of sp³-hybridized carbons (Fsp3) is 0.208. The predicted molar refractivity (Wildman–Crippen MR) is 121 cm³/mol. The monoisotopic (exact) mass is 417 g/mol. The number of carbonyl (C=O) groups excluding carboxylic acids is 1. The lowest BCUT2D eigenvalue weighted by Gasteiger charge is -2.23. The molecule has 31 heavy (non-hydrogen) atoms. The number of nitro benzene ring substituents is 1. The number of ether oxygens (including phenoxy) is 1. The van der Waals surface area contributed by atoms with Crippen LogP contribution in [0.25, 0.3) is 11.1 Å². The van der Waals surface area contributed by atoms with Crippen LogP contribution in [0, 0.1) is 10.1 Å². The third-order valence-electron chi connectivity index (χ3n) is 5.47. The smallest absolute Gasteiger partial charge is 0.269 e. The average molecular weight is 417 g/mol. The van der Waals surface area contributed by atoms with Crippen molar-refractivity contribution >= 4 is 23.0 Å². The second kappa shape index (κ2) is 8.47. The van der Waals surface area contributed by atoms with E-state index in [0.717, 1.165) is 28.9 Å². The van der Waals surface area contributed by atoms with E-state index >= 15 is 0 Å². The minimum absolute atomic E-state index is 0.0252. The van der Waals surface area contributed by atoms with Gasteiger partial charge in [0.2, 0.25) is 0 Å². The number of benzene rings is 3. The van der Waals surface area contributed by atoms with E-state index in [1.54, 1.807) is 36.3 Å². The fourth-order valence-electron chi connectivity index (χ4n) is 3.80. The molecule has 1 aliphatic heterocycles. The first-order valence-corrected chi connectivity index (χ1v) is 10.1. The molecule has 0 unspecified atom stereocenters. The number of non-ortho nitro benzene ring substituents is 1. The van der Waals surface area contributed by atoms with Crippen molar-refractivity contribution in [2.75, 3.05) is 23.9 Å². The summed E-state index contributed by atoms with van der Waals surface area (Å²) in [6.45, 7) is 2.71. The summed E-state index contributed by atoms with van der Waals surface area (Å²) in [7, 11) is 1.55. The van der Waals surface area contributed by atoms with E-state index in [-0.39, 0.29) is 17.6 Å². The van der Waals surface area contributed by atoms with Gasteiger partial charge >= 0.3 is 0 Å². The molecule has 1 atom stereocenters. The van der Waals surface area contributed by atoms with Crippen LogP contribution in [0.15, 0.2) is 66.7 Å². The molecule has 158 valence electrons. The van der Waals surface area contributed by atoms with Crippen LogP contribution in [0.2, 0.25) is 0 Å². The lowest BCUT2D eigenvalue weighted by Crippen LogP contribution is -2.32. The molecule has 1 N–H and O–H groups in total. The second-order valence-corrected chi connectivity index (χ2v) is 7.53. The molecule has 3 aromatic carbocycles. The van der Waals surface area contributed by atoms with Gasteiger partial charge in [0.15, 0.2) is 0 Å². The molecular weight excluding hydrogens is 394 g/mol. The Morgan fingerprint density at radius 3 is 2.58 bits per heavy atom. The lowest BCUT2D eigenvalue weighted by atomic mass is 10.0. The Hall–Kier alpha value is -3.87. The van der Waals surface area contributed by atoms with Gasteiger partial charge in [-0.1, -0.05) is 12.1 Å². The topological polar surface area (TPSA) is 84.7 Å². The highest BCUT2D eigenvalue weighted by Crippen LogP contribution is 2.34. The van der Waals surface area contributed by atoms with Crippen molar-refractivity contribution in [1.82, 2.24) is 0 Å². The van der Waals surface area contributed by atoms with Crippen molar-refractivity contribution in [3.63, 3.8) is 0 Å². The second-order valence-electron chi connectivity index (χ2n) is 7.53. The zero-order chi connectivity index (χ0) is 22.0. The number of anilines is 2. The van der Waals surface area contributed by atoms with E-state index < -0.39 is 4.92 Å². The van der Waals surface area contributed by atoms with E-state index in [1.165, 1.54) is 12.1 Å². The van der Waals surface area contributed by atoms with Crippen molar-refractivity contribution in [3.05, 3.63) is 82.4 Å². The molecule has 0 radical (unpaired) electrons. The number of nitro groups is 1. The van der Waals surface area contributed by atoms with Crippen LogP contribution >= 0.6 is 0 Å².